The lowest BCUT2D eigenvalue weighted by Crippen LogP contribution is -2.23. The summed E-state index contributed by atoms with van der Waals surface area (Å²) in [6.07, 6.45) is 1.05. The van der Waals surface area contributed by atoms with E-state index in [4.69, 9.17) is 0 Å². The molecule has 0 radical (unpaired) electrons. The average Bonchev–Trinajstić information content (AvgIpc) is 1.62. The van der Waals surface area contributed by atoms with E-state index >= 15 is 0 Å². The van der Waals surface area contributed by atoms with Gasteiger partial charge in [0, 0.05) is 6.26 Å². The Hall–Kier alpha value is -0.380. The van der Waals surface area contributed by atoms with Gasteiger partial charge in [0.1, 0.15) is 11.0 Å². The first kappa shape index (κ1) is 8.62. The summed E-state index contributed by atoms with van der Waals surface area (Å²) in [4.78, 5) is 10.4. The first-order valence-corrected chi connectivity index (χ1v) is 4.50. The van der Waals surface area contributed by atoms with Crippen LogP contribution in [0.3, 0.4) is 0 Å². The molecule has 1 atom stereocenters. The van der Waals surface area contributed by atoms with Crippen molar-refractivity contribution in [1.82, 2.24) is 0 Å². The summed E-state index contributed by atoms with van der Waals surface area (Å²) in [5.41, 5.74) is 0. The van der Waals surface area contributed by atoms with Gasteiger partial charge >= 0.3 is 0 Å². The predicted octanol–water partition coefficient (Wildman–Crippen LogP) is 0.00850. The molecule has 4 heteroatoms. The molecule has 0 amide bonds. The second-order valence-corrected chi connectivity index (χ2v) is 4.45. The van der Waals surface area contributed by atoms with Gasteiger partial charge in [0.25, 0.3) is 0 Å². The van der Waals surface area contributed by atoms with E-state index in [0.717, 1.165) is 6.26 Å². The van der Waals surface area contributed by atoms with E-state index in [2.05, 4.69) is 0 Å². The Morgan fingerprint density at radius 2 is 1.78 bits per heavy atom. The molecule has 0 aromatic heterocycles. The summed E-state index contributed by atoms with van der Waals surface area (Å²) >= 11 is 0. The molecule has 0 saturated heterocycles. The van der Waals surface area contributed by atoms with Gasteiger partial charge in [-0.3, -0.25) is 4.79 Å². The molecule has 9 heavy (non-hydrogen) atoms. The molecule has 0 fully saturated rings. The van der Waals surface area contributed by atoms with Crippen LogP contribution in [0.4, 0.5) is 0 Å². The lowest BCUT2D eigenvalue weighted by atomic mass is 10.3. The SMILES string of the molecule is CC(=O)[C@@H](C)S(C)(=O)=O. The number of carbonyl (C=O) groups is 1. The summed E-state index contributed by atoms with van der Waals surface area (Å²) in [7, 11) is -3.15. The standard InChI is InChI=1S/C5H10O3S/c1-4(6)5(2)9(3,7)8/h5H,1-3H3/t5-/m1/s1. The molecule has 0 aromatic carbocycles. The van der Waals surface area contributed by atoms with Gasteiger partial charge in [-0.25, -0.2) is 8.42 Å². The first-order valence-electron chi connectivity index (χ1n) is 2.55. The Bertz CT molecular complexity index is 202. The molecule has 0 rings (SSSR count). The van der Waals surface area contributed by atoms with E-state index in [-0.39, 0.29) is 5.78 Å². The monoisotopic (exact) mass is 150 g/mol. The van der Waals surface area contributed by atoms with Crippen molar-refractivity contribution in [2.45, 2.75) is 19.1 Å². The zero-order chi connectivity index (χ0) is 7.65. The van der Waals surface area contributed by atoms with E-state index in [1.807, 2.05) is 0 Å². The topological polar surface area (TPSA) is 51.2 Å². The molecule has 3 nitrogen and oxygen atoms in total. The number of Topliss-reactive ketones (excluding diaryl/α,β-unsaturated/α-hetero) is 1. The summed E-state index contributed by atoms with van der Waals surface area (Å²) in [5.74, 6) is -0.308. The van der Waals surface area contributed by atoms with Crippen molar-refractivity contribution in [3.05, 3.63) is 0 Å². The van der Waals surface area contributed by atoms with E-state index in [0.29, 0.717) is 0 Å². The lowest BCUT2D eigenvalue weighted by molar-refractivity contribution is -0.116. The van der Waals surface area contributed by atoms with Gasteiger partial charge in [0.15, 0.2) is 9.84 Å². The van der Waals surface area contributed by atoms with Crippen molar-refractivity contribution in [2.24, 2.45) is 0 Å². The second-order valence-electron chi connectivity index (χ2n) is 2.08. The molecular formula is C5H10O3S. The first-order chi connectivity index (χ1) is 3.85. The van der Waals surface area contributed by atoms with Crippen LogP contribution in [-0.4, -0.2) is 25.7 Å². The van der Waals surface area contributed by atoms with Crippen molar-refractivity contribution in [1.29, 1.82) is 0 Å². The van der Waals surface area contributed by atoms with Crippen LogP contribution < -0.4 is 0 Å². The normalized spacial score (nSPS) is 15.0. The highest BCUT2D eigenvalue weighted by molar-refractivity contribution is 7.92. The Labute approximate surface area is 55.0 Å². The van der Waals surface area contributed by atoms with Gasteiger partial charge < -0.3 is 0 Å². The van der Waals surface area contributed by atoms with Gasteiger partial charge in [0.05, 0.1) is 0 Å². The summed E-state index contributed by atoms with van der Waals surface area (Å²) in [5, 5.41) is -0.850. The summed E-state index contributed by atoms with van der Waals surface area (Å²) in [6.45, 7) is 2.66. The maximum Gasteiger partial charge on any atom is 0.157 e. The molecule has 0 N–H and O–H groups in total. The quantitative estimate of drug-likeness (QED) is 0.557. The van der Waals surface area contributed by atoms with E-state index in [1.165, 1.54) is 13.8 Å². The lowest BCUT2D eigenvalue weighted by Gasteiger charge is -2.01. The van der Waals surface area contributed by atoms with Crippen LogP contribution in [0.15, 0.2) is 0 Å². The van der Waals surface area contributed by atoms with Gasteiger partial charge in [0.2, 0.25) is 0 Å². The minimum atomic E-state index is -3.15. The van der Waals surface area contributed by atoms with Crippen LogP contribution in [0.1, 0.15) is 13.8 Å². The van der Waals surface area contributed by atoms with E-state index in [9.17, 15) is 13.2 Å². The number of rotatable bonds is 2. The molecule has 0 spiro atoms. The third kappa shape index (κ3) is 2.60. The summed E-state index contributed by atoms with van der Waals surface area (Å²) < 4.78 is 21.1. The zero-order valence-electron chi connectivity index (χ0n) is 5.71. The summed E-state index contributed by atoms with van der Waals surface area (Å²) in [6, 6.07) is 0. The minimum Gasteiger partial charge on any atom is -0.299 e. The molecule has 0 aliphatic carbocycles. The number of carbonyl (C=O) groups excluding carboxylic acids is 1. The van der Waals surface area contributed by atoms with Gasteiger partial charge in [-0.1, -0.05) is 0 Å². The molecule has 0 aromatic rings. The van der Waals surface area contributed by atoms with Gasteiger partial charge in [-0.05, 0) is 13.8 Å². The molecule has 0 aliphatic heterocycles. The fourth-order valence-corrected chi connectivity index (χ4v) is 0.904. The van der Waals surface area contributed by atoms with Crippen LogP contribution in [0.5, 0.6) is 0 Å². The third-order valence-corrected chi connectivity index (χ3v) is 2.83. The Kier molecular flexibility index (Phi) is 2.37. The predicted molar refractivity (Wildman–Crippen MR) is 35.0 cm³/mol. The van der Waals surface area contributed by atoms with E-state index in [1.54, 1.807) is 0 Å². The largest absolute Gasteiger partial charge is 0.299 e. The number of hydrogen-bond acceptors (Lipinski definition) is 3. The third-order valence-electron chi connectivity index (χ3n) is 1.21. The maximum atomic E-state index is 10.6. The smallest absolute Gasteiger partial charge is 0.157 e. The van der Waals surface area contributed by atoms with Crippen LogP contribution in [0, 0.1) is 0 Å². The van der Waals surface area contributed by atoms with Gasteiger partial charge in [-0.15, -0.1) is 0 Å². The highest BCUT2D eigenvalue weighted by Gasteiger charge is 2.18. The van der Waals surface area contributed by atoms with Crippen molar-refractivity contribution in [3.8, 4) is 0 Å². The van der Waals surface area contributed by atoms with Crippen LogP contribution in [0.25, 0.3) is 0 Å². The fourth-order valence-electron chi connectivity index (χ4n) is 0.301. The average molecular weight is 150 g/mol. The van der Waals surface area contributed by atoms with Crippen LogP contribution in [0.2, 0.25) is 0 Å². The van der Waals surface area contributed by atoms with Gasteiger partial charge in [-0.2, -0.15) is 0 Å². The number of sulfone groups is 1. The van der Waals surface area contributed by atoms with E-state index < -0.39 is 15.1 Å². The molecule has 54 valence electrons. The molecule has 0 bridgehead atoms. The Balaban J connectivity index is 4.43. The highest BCUT2D eigenvalue weighted by Crippen LogP contribution is 1.97. The van der Waals surface area contributed by atoms with Crippen molar-refractivity contribution < 1.29 is 13.2 Å². The van der Waals surface area contributed by atoms with Crippen molar-refractivity contribution in [3.63, 3.8) is 0 Å². The molecule has 0 heterocycles. The number of ketones is 1. The van der Waals surface area contributed by atoms with Crippen LogP contribution in [-0.2, 0) is 14.6 Å². The second kappa shape index (κ2) is 2.47. The minimum absolute atomic E-state index is 0.308. The number of hydrogen-bond donors (Lipinski definition) is 0. The highest BCUT2D eigenvalue weighted by atomic mass is 32.2. The molecular weight excluding hydrogens is 140 g/mol. The Morgan fingerprint density at radius 1 is 1.44 bits per heavy atom. The molecule has 0 unspecified atom stereocenters. The Morgan fingerprint density at radius 3 is 1.78 bits per heavy atom. The van der Waals surface area contributed by atoms with Crippen molar-refractivity contribution in [2.75, 3.05) is 6.26 Å². The fraction of sp³-hybridized carbons (Fsp3) is 0.800. The zero-order valence-corrected chi connectivity index (χ0v) is 6.53. The van der Waals surface area contributed by atoms with Crippen molar-refractivity contribution >= 4 is 15.6 Å². The molecule has 0 saturated carbocycles. The van der Waals surface area contributed by atoms with Crippen LogP contribution >= 0.6 is 0 Å². The maximum absolute atomic E-state index is 10.6. The molecule has 0 aliphatic rings.